The molecule has 0 radical (unpaired) electrons. The van der Waals surface area contributed by atoms with Crippen LogP contribution < -0.4 is 9.64 Å². The molecule has 0 spiro atoms. The molecule has 1 saturated heterocycles. The molecule has 2 nitrogen and oxygen atoms in total. The summed E-state index contributed by atoms with van der Waals surface area (Å²) in [5.41, 5.74) is 1.30. The zero-order valence-electron chi connectivity index (χ0n) is 14.1. The van der Waals surface area contributed by atoms with E-state index in [2.05, 4.69) is 35.8 Å². The van der Waals surface area contributed by atoms with Crippen molar-refractivity contribution >= 4 is 5.69 Å². The van der Waals surface area contributed by atoms with Gasteiger partial charge in [-0.05, 0) is 43.5 Å². The molecule has 2 rings (SSSR count). The molecule has 1 atom stereocenters. The van der Waals surface area contributed by atoms with Crippen LogP contribution in [0.15, 0.2) is 24.3 Å². The summed E-state index contributed by atoms with van der Waals surface area (Å²) in [7, 11) is 1.71. The Morgan fingerprint density at radius 3 is 2.68 bits per heavy atom. The number of methoxy groups -OCH3 is 1. The maximum absolute atomic E-state index is 5.24. The lowest BCUT2D eigenvalue weighted by Crippen LogP contribution is -2.28. The van der Waals surface area contributed by atoms with Gasteiger partial charge in [0.25, 0.3) is 0 Å². The molecule has 22 heavy (non-hydrogen) atoms. The fourth-order valence-corrected chi connectivity index (χ4v) is 3.08. The first-order valence-corrected chi connectivity index (χ1v) is 8.71. The van der Waals surface area contributed by atoms with Crippen LogP contribution >= 0.6 is 0 Å². The number of ether oxygens (including phenoxy) is 1. The van der Waals surface area contributed by atoms with Gasteiger partial charge in [0.1, 0.15) is 5.75 Å². The Hall–Kier alpha value is -1.62. The topological polar surface area (TPSA) is 12.5 Å². The van der Waals surface area contributed by atoms with E-state index in [1.165, 1.54) is 44.2 Å². The summed E-state index contributed by atoms with van der Waals surface area (Å²) < 4.78 is 5.24. The third-order valence-corrected chi connectivity index (χ3v) is 4.40. The number of benzene rings is 1. The maximum Gasteiger partial charge on any atom is 0.119 e. The highest BCUT2D eigenvalue weighted by Crippen LogP contribution is 2.28. The van der Waals surface area contributed by atoms with Crippen LogP contribution in [-0.4, -0.2) is 19.7 Å². The van der Waals surface area contributed by atoms with Crippen LogP contribution in [0.25, 0.3) is 0 Å². The Balaban J connectivity index is 1.81. The molecule has 120 valence electrons. The normalized spacial score (nSPS) is 17.2. The summed E-state index contributed by atoms with van der Waals surface area (Å²) in [6.45, 7) is 3.40. The van der Waals surface area contributed by atoms with Crippen molar-refractivity contribution in [3.63, 3.8) is 0 Å². The minimum atomic E-state index is 0.580. The molecule has 0 aromatic heterocycles. The van der Waals surface area contributed by atoms with E-state index in [1.54, 1.807) is 7.11 Å². The van der Waals surface area contributed by atoms with Crippen LogP contribution in [0.3, 0.4) is 0 Å². The van der Waals surface area contributed by atoms with Gasteiger partial charge in [-0.1, -0.05) is 26.2 Å². The molecule has 0 aliphatic carbocycles. The van der Waals surface area contributed by atoms with Crippen molar-refractivity contribution in [3.05, 3.63) is 24.3 Å². The van der Waals surface area contributed by atoms with Gasteiger partial charge in [-0.15, -0.1) is 11.8 Å². The second-order valence-electron chi connectivity index (χ2n) is 6.06. The number of nitrogens with zero attached hydrogens (tertiary/aromatic N) is 1. The summed E-state index contributed by atoms with van der Waals surface area (Å²) in [6, 6.07) is 9.00. The second-order valence-corrected chi connectivity index (χ2v) is 6.06. The Morgan fingerprint density at radius 2 is 1.95 bits per heavy atom. The van der Waals surface area contributed by atoms with E-state index in [9.17, 15) is 0 Å². The van der Waals surface area contributed by atoms with E-state index < -0.39 is 0 Å². The molecular formula is C20H29NO. The van der Waals surface area contributed by atoms with Crippen molar-refractivity contribution in [3.8, 4) is 17.6 Å². The molecule has 2 heteroatoms. The molecular weight excluding hydrogens is 270 g/mol. The molecule has 1 aromatic rings. The highest BCUT2D eigenvalue weighted by atomic mass is 16.5. The Morgan fingerprint density at radius 1 is 1.14 bits per heavy atom. The van der Waals surface area contributed by atoms with Crippen LogP contribution in [0.4, 0.5) is 5.69 Å². The van der Waals surface area contributed by atoms with Crippen LogP contribution in [0.5, 0.6) is 5.75 Å². The van der Waals surface area contributed by atoms with Gasteiger partial charge in [0.15, 0.2) is 0 Å². The Kier molecular flexibility index (Phi) is 7.16. The fraction of sp³-hybridized carbons (Fsp3) is 0.600. The van der Waals surface area contributed by atoms with Gasteiger partial charge in [0.05, 0.1) is 7.11 Å². The molecule has 0 saturated carbocycles. The molecule has 1 heterocycles. The van der Waals surface area contributed by atoms with Gasteiger partial charge in [0.2, 0.25) is 0 Å². The van der Waals surface area contributed by atoms with Crippen molar-refractivity contribution in [1.29, 1.82) is 0 Å². The Bertz CT molecular complexity index is 483. The van der Waals surface area contributed by atoms with E-state index >= 15 is 0 Å². The van der Waals surface area contributed by atoms with Crippen LogP contribution in [0, 0.1) is 11.8 Å². The van der Waals surface area contributed by atoms with Gasteiger partial charge >= 0.3 is 0 Å². The summed E-state index contributed by atoms with van der Waals surface area (Å²) in [5.74, 6) is 7.70. The zero-order valence-corrected chi connectivity index (χ0v) is 14.1. The number of rotatable bonds is 7. The van der Waals surface area contributed by atoms with Crippen LogP contribution in [-0.2, 0) is 0 Å². The van der Waals surface area contributed by atoms with Crippen molar-refractivity contribution < 1.29 is 4.74 Å². The number of anilines is 1. The summed E-state index contributed by atoms with van der Waals surface area (Å²) in [4.78, 5) is 2.51. The first-order valence-electron chi connectivity index (χ1n) is 8.71. The van der Waals surface area contributed by atoms with Crippen molar-refractivity contribution in [2.24, 2.45) is 0 Å². The highest BCUT2D eigenvalue weighted by molar-refractivity contribution is 5.51. The van der Waals surface area contributed by atoms with Gasteiger partial charge in [0, 0.05) is 31.1 Å². The maximum atomic E-state index is 5.24. The molecule has 0 N–H and O–H groups in total. The largest absolute Gasteiger partial charge is 0.497 e. The number of hydrogen-bond acceptors (Lipinski definition) is 2. The van der Waals surface area contributed by atoms with E-state index in [0.29, 0.717) is 6.04 Å². The predicted octanol–water partition coefficient (Wildman–Crippen LogP) is 5.03. The minimum Gasteiger partial charge on any atom is -0.497 e. The predicted molar refractivity (Wildman–Crippen MR) is 94.5 cm³/mol. The zero-order chi connectivity index (χ0) is 15.6. The van der Waals surface area contributed by atoms with E-state index in [1.807, 2.05) is 12.1 Å². The minimum absolute atomic E-state index is 0.580. The van der Waals surface area contributed by atoms with Gasteiger partial charge in [-0.2, -0.15) is 0 Å². The average molecular weight is 299 g/mol. The molecule has 1 fully saturated rings. The van der Waals surface area contributed by atoms with Crippen molar-refractivity contribution in [2.75, 3.05) is 18.6 Å². The van der Waals surface area contributed by atoms with Crippen LogP contribution in [0.1, 0.15) is 58.3 Å². The molecule has 0 bridgehead atoms. The lowest BCUT2D eigenvalue weighted by Gasteiger charge is -2.25. The third kappa shape index (κ3) is 4.98. The molecule has 0 amide bonds. The van der Waals surface area contributed by atoms with Gasteiger partial charge in [-0.25, -0.2) is 0 Å². The quantitative estimate of drug-likeness (QED) is 0.517. The summed E-state index contributed by atoms with van der Waals surface area (Å²) in [6.07, 6.45) is 9.82. The number of unbranched alkanes of at least 4 members (excludes halogenated alkanes) is 4. The second kappa shape index (κ2) is 9.41. The van der Waals surface area contributed by atoms with Crippen molar-refractivity contribution in [1.82, 2.24) is 0 Å². The lowest BCUT2D eigenvalue weighted by molar-refractivity contribution is 0.415. The smallest absolute Gasteiger partial charge is 0.119 e. The monoisotopic (exact) mass is 299 g/mol. The SMILES string of the molecule is CCCCCCC#CCC1CCCN1c1ccc(OC)cc1. The average Bonchev–Trinajstić information content (AvgIpc) is 3.02. The van der Waals surface area contributed by atoms with Crippen LogP contribution in [0.2, 0.25) is 0 Å². The van der Waals surface area contributed by atoms with E-state index in [-0.39, 0.29) is 0 Å². The summed E-state index contributed by atoms with van der Waals surface area (Å²) >= 11 is 0. The molecule has 1 aliphatic heterocycles. The number of hydrogen-bond donors (Lipinski definition) is 0. The first kappa shape index (κ1) is 16.7. The molecule has 1 aliphatic rings. The van der Waals surface area contributed by atoms with E-state index in [0.717, 1.165) is 25.1 Å². The van der Waals surface area contributed by atoms with Gasteiger partial charge in [-0.3, -0.25) is 0 Å². The highest BCUT2D eigenvalue weighted by Gasteiger charge is 2.23. The van der Waals surface area contributed by atoms with E-state index in [4.69, 9.17) is 4.74 Å². The Labute approximate surface area is 135 Å². The van der Waals surface area contributed by atoms with Gasteiger partial charge < -0.3 is 9.64 Å². The fourth-order valence-electron chi connectivity index (χ4n) is 3.08. The lowest BCUT2D eigenvalue weighted by atomic mass is 10.1. The summed E-state index contributed by atoms with van der Waals surface area (Å²) in [5, 5.41) is 0. The third-order valence-electron chi connectivity index (χ3n) is 4.40. The molecule has 1 aromatic carbocycles. The first-order chi connectivity index (χ1) is 10.8. The van der Waals surface area contributed by atoms with Crippen molar-refractivity contribution in [2.45, 2.75) is 64.3 Å². The standard InChI is InChI=1S/C20H29NO/c1-3-4-5-6-7-8-9-11-18-12-10-17-21(18)19-13-15-20(22-2)16-14-19/h13-16,18H,3-7,10-12,17H2,1-2H3. The molecule has 1 unspecified atom stereocenters.